The SMILES string of the molecule is CCC(C)(C(N)C1CCCOC1)N1CCCC1. The fourth-order valence-electron chi connectivity index (χ4n) is 3.45. The number of ether oxygens (including phenoxy) is 1. The molecule has 3 atom stereocenters. The second-order valence-electron chi connectivity index (χ2n) is 5.91. The van der Waals surface area contributed by atoms with Crippen LogP contribution in [0.2, 0.25) is 0 Å². The summed E-state index contributed by atoms with van der Waals surface area (Å²) in [5.74, 6) is 0.550. The van der Waals surface area contributed by atoms with Crippen molar-refractivity contribution in [1.82, 2.24) is 4.90 Å². The first-order valence-corrected chi connectivity index (χ1v) is 7.27. The molecule has 3 heteroatoms. The van der Waals surface area contributed by atoms with Gasteiger partial charge in [-0.15, -0.1) is 0 Å². The Kier molecular flexibility index (Phi) is 4.45. The first-order valence-electron chi connectivity index (χ1n) is 7.27. The predicted molar refractivity (Wildman–Crippen MR) is 71.0 cm³/mol. The second-order valence-corrected chi connectivity index (χ2v) is 5.91. The minimum atomic E-state index is 0.169. The van der Waals surface area contributed by atoms with Crippen LogP contribution >= 0.6 is 0 Å². The molecule has 3 unspecified atom stereocenters. The molecular formula is C14H28N2O. The Bertz CT molecular complexity index is 234. The number of nitrogens with zero attached hydrogens (tertiary/aromatic N) is 1. The van der Waals surface area contributed by atoms with Gasteiger partial charge in [0.1, 0.15) is 0 Å². The molecule has 2 rings (SSSR count). The van der Waals surface area contributed by atoms with Gasteiger partial charge < -0.3 is 10.5 Å². The van der Waals surface area contributed by atoms with Crippen LogP contribution in [0, 0.1) is 5.92 Å². The van der Waals surface area contributed by atoms with E-state index in [9.17, 15) is 0 Å². The van der Waals surface area contributed by atoms with Gasteiger partial charge in [0, 0.05) is 18.2 Å². The molecule has 2 heterocycles. The van der Waals surface area contributed by atoms with Crippen molar-refractivity contribution in [3.05, 3.63) is 0 Å². The predicted octanol–water partition coefficient (Wildman–Crippen LogP) is 2.00. The molecule has 2 fully saturated rings. The zero-order chi connectivity index (χ0) is 12.3. The highest BCUT2D eigenvalue weighted by Crippen LogP contribution is 2.32. The Balaban J connectivity index is 2.04. The van der Waals surface area contributed by atoms with E-state index in [1.165, 1.54) is 38.8 Å². The monoisotopic (exact) mass is 240 g/mol. The lowest BCUT2D eigenvalue weighted by Crippen LogP contribution is -2.60. The molecule has 3 nitrogen and oxygen atoms in total. The van der Waals surface area contributed by atoms with Crippen LogP contribution in [0.25, 0.3) is 0 Å². The van der Waals surface area contributed by atoms with Gasteiger partial charge in [0.25, 0.3) is 0 Å². The van der Waals surface area contributed by atoms with Crippen molar-refractivity contribution in [1.29, 1.82) is 0 Å². The van der Waals surface area contributed by atoms with Crippen LogP contribution in [-0.2, 0) is 4.74 Å². The van der Waals surface area contributed by atoms with E-state index in [0.29, 0.717) is 5.92 Å². The molecule has 2 saturated heterocycles. The largest absolute Gasteiger partial charge is 0.381 e. The van der Waals surface area contributed by atoms with Crippen LogP contribution in [0.3, 0.4) is 0 Å². The van der Waals surface area contributed by atoms with Gasteiger partial charge in [0.15, 0.2) is 0 Å². The summed E-state index contributed by atoms with van der Waals surface area (Å²) in [6, 6.07) is 0.255. The van der Waals surface area contributed by atoms with E-state index in [1.54, 1.807) is 0 Å². The standard InChI is InChI=1S/C14H28N2O/c1-3-14(2,16-8-4-5-9-16)13(15)12-7-6-10-17-11-12/h12-13H,3-11,15H2,1-2H3. The van der Waals surface area contributed by atoms with Gasteiger partial charge in [-0.3, -0.25) is 4.90 Å². The number of hydrogen-bond donors (Lipinski definition) is 1. The molecule has 0 aromatic carbocycles. The molecule has 0 spiro atoms. The van der Waals surface area contributed by atoms with Gasteiger partial charge in [-0.1, -0.05) is 6.92 Å². The number of hydrogen-bond acceptors (Lipinski definition) is 3. The van der Waals surface area contributed by atoms with E-state index in [4.69, 9.17) is 10.5 Å². The summed E-state index contributed by atoms with van der Waals surface area (Å²) in [6.07, 6.45) is 6.24. The highest BCUT2D eigenvalue weighted by molar-refractivity contribution is 4.99. The zero-order valence-electron chi connectivity index (χ0n) is 11.5. The first-order chi connectivity index (χ1) is 8.18. The smallest absolute Gasteiger partial charge is 0.0509 e. The fourth-order valence-corrected chi connectivity index (χ4v) is 3.45. The second kappa shape index (κ2) is 5.68. The van der Waals surface area contributed by atoms with Gasteiger partial charge >= 0.3 is 0 Å². The summed E-state index contributed by atoms with van der Waals surface area (Å²) < 4.78 is 5.61. The van der Waals surface area contributed by atoms with E-state index in [0.717, 1.165) is 19.6 Å². The number of likely N-dealkylation sites (tertiary alicyclic amines) is 1. The molecule has 0 amide bonds. The summed E-state index contributed by atoms with van der Waals surface area (Å²) in [6.45, 7) is 8.89. The zero-order valence-corrected chi connectivity index (χ0v) is 11.5. The molecule has 100 valence electrons. The molecule has 2 aliphatic rings. The van der Waals surface area contributed by atoms with Gasteiger partial charge in [0.05, 0.1) is 6.61 Å². The Morgan fingerprint density at radius 2 is 2.06 bits per heavy atom. The Hall–Kier alpha value is -0.120. The quantitative estimate of drug-likeness (QED) is 0.817. The lowest BCUT2D eigenvalue weighted by Gasteiger charge is -2.46. The highest BCUT2D eigenvalue weighted by Gasteiger charge is 2.41. The molecule has 0 aliphatic carbocycles. The third kappa shape index (κ3) is 2.67. The average Bonchev–Trinajstić information content (AvgIpc) is 2.92. The minimum absolute atomic E-state index is 0.169. The van der Waals surface area contributed by atoms with Gasteiger partial charge in [-0.05, 0) is 58.0 Å². The third-order valence-electron chi connectivity index (χ3n) is 4.97. The lowest BCUT2D eigenvalue weighted by molar-refractivity contribution is 0.00210. The van der Waals surface area contributed by atoms with Gasteiger partial charge in [-0.25, -0.2) is 0 Å². The first kappa shape index (κ1) is 13.3. The highest BCUT2D eigenvalue weighted by atomic mass is 16.5. The normalized spacial score (nSPS) is 32.3. The fraction of sp³-hybridized carbons (Fsp3) is 1.00. The Labute approximate surface area is 106 Å². The Morgan fingerprint density at radius 1 is 1.35 bits per heavy atom. The van der Waals surface area contributed by atoms with Crippen LogP contribution in [0.5, 0.6) is 0 Å². The molecule has 17 heavy (non-hydrogen) atoms. The summed E-state index contributed by atoms with van der Waals surface area (Å²) in [5.41, 5.74) is 6.76. The van der Waals surface area contributed by atoms with E-state index >= 15 is 0 Å². The molecule has 0 aromatic rings. The lowest BCUT2D eigenvalue weighted by atomic mass is 9.78. The maximum Gasteiger partial charge on any atom is 0.0509 e. The molecular weight excluding hydrogens is 212 g/mol. The van der Waals surface area contributed by atoms with Crippen LogP contribution in [-0.4, -0.2) is 42.8 Å². The van der Waals surface area contributed by atoms with Crippen LogP contribution in [0.4, 0.5) is 0 Å². The molecule has 2 N–H and O–H groups in total. The van der Waals surface area contributed by atoms with Gasteiger partial charge in [0.2, 0.25) is 0 Å². The van der Waals surface area contributed by atoms with E-state index in [1.807, 2.05) is 0 Å². The topological polar surface area (TPSA) is 38.5 Å². The molecule has 0 bridgehead atoms. The average molecular weight is 240 g/mol. The molecule has 0 radical (unpaired) electrons. The summed E-state index contributed by atoms with van der Waals surface area (Å²) in [4.78, 5) is 2.62. The maximum atomic E-state index is 6.60. The van der Waals surface area contributed by atoms with Crippen molar-refractivity contribution >= 4 is 0 Å². The third-order valence-corrected chi connectivity index (χ3v) is 4.97. The minimum Gasteiger partial charge on any atom is -0.381 e. The van der Waals surface area contributed by atoms with E-state index < -0.39 is 0 Å². The van der Waals surface area contributed by atoms with Crippen molar-refractivity contribution in [3.8, 4) is 0 Å². The van der Waals surface area contributed by atoms with E-state index in [2.05, 4.69) is 18.7 Å². The molecule has 0 saturated carbocycles. The van der Waals surface area contributed by atoms with Gasteiger partial charge in [-0.2, -0.15) is 0 Å². The summed E-state index contributed by atoms with van der Waals surface area (Å²) in [7, 11) is 0. The van der Waals surface area contributed by atoms with Crippen molar-refractivity contribution in [2.24, 2.45) is 11.7 Å². The van der Waals surface area contributed by atoms with Crippen LogP contribution < -0.4 is 5.73 Å². The number of nitrogens with two attached hydrogens (primary N) is 1. The maximum absolute atomic E-state index is 6.60. The van der Waals surface area contributed by atoms with Crippen molar-refractivity contribution in [2.75, 3.05) is 26.3 Å². The molecule has 0 aromatic heterocycles. The Morgan fingerprint density at radius 3 is 2.59 bits per heavy atom. The summed E-state index contributed by atoms with van der Waals surface area (Å²) >= 11 is 0. The number of rotatable bonds is 4. The van der Waals surface area contributed by atoms with Crippen molar-refractivity contribution in [3.63, 3.8) is 0 Å². The van der Waals surface area contributed by atoms with E-state index in [-0.39, 0.29) is 11.6 Å². The van der Waals surface area contributed by atoms with Crippen molar-refractivity contribution < 1.29 is 4.74 Å². The molecule has 2 aliphatic heterocycles. The summed E-state index contributed by atoms with van der Waals surface area (Å²) in [5, 5.41) is 0. The van der Waals surface area contributed by atoms with Crippen LogP contribution in [0.1, 0.15) is 46.0 Å². The van der Waals surface area contributed by atoms with Crippen LogP contribution in [0.15, 0.2) is 0 Å². The van der Waals surface area contributed by atoms with Crippen molar-refractivity contribution in [2.45, 2.75) is 57.5 Å².